The highest BCUT2D eigenvalue weighted by atomic mass is 16.6. The lowest BCUT2D eigenvalue weighted by Gasteiger charge is -2.25. The zero-order valence-electron chi connectivity index (χ0n) is 12.3. The van der Waals surface area contributed by atoms with Crippen LogP contribution in [-0.2, 0) is 14.3 Å². The van der Waals surface area contributed by atoms with Crippen molar-refractivity contribution in [1.29, 1.82) is 0 Å². The molecular formula is C13H20N2O5. The number of hydrogen-bond donors (Lipinski definition) is 1. The van der Waals surface area contributed by atoms with E-state index in [2.05, 4.69) is 0 Å². The van der Waals surface area contributed by atoms with Gasteiger partial charge in [0.15, 0.2) is 0 Å². The molecule has 0 saturated carbocycles. The van der Waals surface area contributed by atoms with Gasteiger partial charge in [0.25, 0.3) is 5.91 Å². The highest BCUT2D eigenvalue weighted by Crippen LogP contribution is 2.26. The quantitative estimate of drug-likeness (QED) is 0.763. The molecule has 1 aliphatic rings. The van der Waals surface area contributed by atoms with Crippen molar-refractivity contribution in [3.63, 3.8) is 0 Å². The van der Waals surface area contributed by atoms with Crippen LogP contribution in [0, 0.1) is 0 Å². The zero-order valence-corrected chi connectivity index (χ0v) is 12.3. The minimum Gasteiger partial charge on any atom is -0.480 e. The fraction of sp³-hybridized carbons (Fsp3) is 0.615. The van der Waals surface area contributed by atoms with Crippen LogP contribution in [-0.4, -0.2) is 58.6 Å². The molecule has 1 N–H and O–H groups in total. The fourth-order valence-corrected chi connectivity index (χ4v) is 1.82. The summed E-state index contributed by atoms with van der Waals surface area (Å²) in [6.45, 7) is 4.95. The maximum absolute atomic E-state index is 12.1. The van der Waals surface area contributed by atoms with E-state index in [0.717, 1.165) is 0 Å². The molecule has 1 atom stereocenters. The SMILES string of the molecule is CN(C)/C=C1\C[C@@H](C(=O)O)N(C(=O)OC(C)(C)C)C1=O. The molecule has 0 aromatic heterocycles. The summed E-state index contributed by atoms with van der Waals surface area (Å²) in [5, 5.41) is 9.16. The molecule has 0 aliphatic carbocycles. The van der Waals surface area contributed by atoms with Gasteiger partial charge in [0.1, 0.15) is 11.6 Å². The van der Waals surface area contributed by atoms with Gasteiger partial charge in [-0.1, -0.05) is 0 Å². The van der Waals surface area contributed by atoms with E-state index in [9.17, 15) is 14.4 Å². The second-order valence-electron chi connectivity index (χ2n) is 5.83. The summed E-state index contributed by atoms with van der Waals surface area (Å²) in [5.41, 5.74) is -0.526. The van der Waals surface area contributed by atoms with Crippen molar-refractivity contribution < 1.29 is 24.2 Å². The van der Waals surface area contributed by atoms with Crippen LogP contribution in [0.3, 0.4) is 0 Å². The van der Waals surface area contributed by atoms with E-state index in [1.807, 2.05) is 0 Å². The predicted octanol–water partition coefficient (Wildman–Crippen LogP) is 1.05. The molecule has 1 rings (SSSR count). The first-order valence-electron chi connectivity index (χ1n) is 6.19. The number of carboxylic acid groups (broad SMARTS) is 1. The third-order valence-electron chi connectivity index (χ3n) is 2.51. The number of carbonyl (C=O) groups is 3. The van der Waals surface area contributed by atoms with Gasteiger partial charge >= 0.3 is 12.1 Å². The zero-order chi connectivity index (χ0) is 15.7. The summed E-state index contributed by atoms with van der Waals surface area (Å²) in [6.07, 6.45) is 0.561. The summed E-state index contributed by atoms with van der Waals surface area (Å²) in [7, 11) is 3.43. The number of ether oxygens (including phenoxy) is 1. The van der Waals surface area contributed by atoms with E-state index in [0.29, 0.717) is 4.90 Å². The Hall–Kier alpha value is -2.05. The summed E-state index contributed by atoms with van der Waals surface area (Å²) in [5.74, 6) is -1.85. The van der Waals surface area contributed by atoms with Gasteiger partial charge < -0.3 is 14.7 Å². The minimum atomic E-state index is -1.23. The van der Waals surface area contributed by atoms with Crippen molar-refractivity contribution in [3.05, 3.63) is 11.8 Å². The molecule has 1 fully saturated rings. The molecule has 1 saturated heterocycles. The average Bonchev–Trinajstić information content (AvgIpc) is 2.53. The van der Waals surface area contributed by atoms with Crippen molar-refractivity contribution in [2.24, 2.45) is 0 Å². The third kappa shape index (κ3) is 3.72. The average molecular weight is 284 g/mol. The van der Waals surface area contributed by atoms with Crippen LogP contribution in [0.5, 0.6) is 0 Å². The lowest BCUT2D eigenvalue weighted by atomic mass is 10.1. The highest BCUT2D eigenvalue weighted by Gasteiger charge is 2.45. The first kappa shape index (κ1) is 16.0. The van der Waals surface area contributed by atoms with Crippen molar-refractivity contribution in [1.82, 2.24) is 9.80 Å². The van der Waals surface area contributed by atoms with Gasteiger partial charge in [0.2, 0.25) is 0 Å². The molecule has 1 aliphatic heterocycles. The lowest BCUT2D eigenvalue weighted by molar-refractivity contribution is -0.145. The molecule has 0 bridgehead atoms. The molecule has 1 heterocycles. The number of rotatable bonds is 2. The van der Waals surface area contributed by atoms with Crippen LogP contribution in [0.2, 0.25) is 0 Å². The summed E-state index contributed by atoms with van der Waals surface area (Å²) < 4.78 is 5.09. The Kier molecular flexibility index (Phi) is 4.42. The van der Waals surface area contributed by atoms with E-state index < -0.39 is 29.6 Å². The molecule has 0 spiro atoms. The highest BCUT2D eigenvalue weighted by molar-refractivity contribution is 6.08. The predicted molar refractivity (Wildman–Crippen MR) is 70.9 cm³/mol. The molecular weight excluding hydrogens is 264 g/mol. The Bertz CT molecular complexity index is 462. The second-order valence-corrected chi connectivity index (χ2v) is 5.83. The largest absolute Gasteiger partial charge is 0.480 e. The number of amides is 2. The monoisotopic (exact) mass is 284 g/mol. The number of carbonyl (C=O) groups excluding carboxylic acids is 2. The molecule has 112 valence electrons. The molecule has 0 aromatic carbocycles. The number of aliphatic carboxylic acids is 1. The van der Waals surface area contributed by atoms with Crippen LogP contribution >= 0.6 is 0 Å². The van der Waals surface area contributed by atoms with E-state index in [1.54, 1.807) is 39.8 Å². The number of carboxylic acids is 1. The summed E-state index contributed by atoms with van der Waals surface area (Å²) >= 11 is 0. The fourth-order valence-electron chi connectivity index (χ4n) is 1.82. The maximum atomic E-state index is 12.1. The summed E-state index contributed by atoms with van der Waals surface area (Å²) in [4.78, 5) is 37.7. The van der Waals surface area contributed by atoms with Gasteiger partial charge in [-0.25, -0.2) is 14.5 Å². The first-order chi connectivity index (χ1) is 9.03. The van der Waals surface area contributed by atoms with Crippen molar-refractivity contribution in [2.45, 2.75) is 38.8 Å². The van der Waals surface area contributed by atoms with Gasteiger partial charge in [-0.3, -0.25) is 4.79 Å². The van der Waals surface area contributed by atoms with Crippen LogP contribution in [0.4, 0.5) is 4.79 Å². The van der Waals surface area contributed by atoms with E-state index >= 15 is 0 Å². The Labute approximate surface area is 117 Å². The van der Waals surface area contributed by atoms with E-state index in [-0.39, 0.29) is 12.0 Å². The number of imide groups is 1. The van der Waals surface area contributed by atoms with Gasteiger partial charge in [0, 0.05) is 32.3 Å². The first-order valence-corrected chi connectivity index (χ1v) is 6.19. The van der Waals surface area contributed by atoms with Crippen molar-refractivity contribution >= 4 is 18.0 Å². The van der Waals surface area contributed by atoms with Gasteiger partial charge in [-0.05, 0) is 20.8 Å². The molecule has 0 radical (unpaired) electrons. The Balaban J connectivity index is 3.05. The van der Waals surface area contributed by atoms with E-state index in [1.165, 1.54) is 6.20 Å². The number of nitrogens with zero attached hydrogens (tertiary/aromatic N) is 2. The van der Waals surface area contributed by atoms with Crippen LogP contribution in [0.15, 0.2) is 11.8 Å². The topological polar surface area (TPSA) is 87.2 Å². The van der Waals surface area contributed by atoms with Gasteiger partial charge in [-0.2, -0.15) is 0 Å². The standard InChI is InChI=1S/C13H20N2O5/c1-13(2,3)20-12(19)15-9(11(17)18)6-8(10(15)16)7-14(4)5/h7,9H,6H2,1-5H3,(H,17,18)/b8-7+/t9-/m0/s1. The number of hydrogen-bond acceptors (Lipinski definition) is 5. The smallest absolute Gasteiger partial charge is 0.418 e. The Morgan fingerprint density at radius 2 is 1.95 bits per heavy atom. The van der Waals surface area contributed by atoms with Gasteiger partial charge in [0.05, 0.1) is 0 Å². The lowest BCUT2D eigenvalue weighted by Crippen LogP contribution is -2.45. The normalized spacial score (nSPS) is 21.2. The molecule has 0 unspecified atom stereocenters. The van der Waals surface area contributed by atoms with Gasteiger partial charge in [-0.15, -0.1) is 0 Å². The molecule has 2 amide bonds. The third-order valence-corrected chi connectivity index (χ3v) is 2.51. The van der Waals surface area contributed by atoms with E-state index in [4.69, 9.17) is 9.84 Å². The molecule has 20 heavy (non-hydrogen) atoms. The maximum Gasteiger partial charge on any atom is 0.418 e. The van der Waals surface area contributed by atoms with Crippen LogP contribution < -0.4 is 0 Å². The number of likely N-dealkylation sites (tertiary alicyclic amines) is 1. The summed E-state index contributed by atoms with van der Waals surface area (Å²) in [6, 6.07) is -1.22. The molecule has 7 nitrogen and oxygen atoms in total. The van der Waals surface area contributed by atoms with Crippen LogP contribution in [0.1, 0.15) is 27.2 Å². The van der Waals surface area contributed by atoms with Crippen molar-refractivity contribution in [2.75, 3.05) is 14.1 Å². The van der Waals surface area contributed by atoms with Crippen molar-refractivity contribution in [3.8, 4) is 0 Å². The second kappa shape index (κ2) is 5.52. The Morgan fingerprint density at radius 1 is 1.40 bits per heavy atom. The molecule has 7 heteroatoms. The molecule has 0 aromatic rings. The Morgan fingerprint density at radius 3 is 2.35 bits per heavy atom. The van der Waals surface area contributed by atoms with Crippen LogP contribution in [0.25, 0.3) is 0 Å². The minimum absolute atomic E-state index is 0.0222.